The van der Waals surface area contributed by atoms with E-state index in [4.69, 9.17) is 9.47 Å². The molecule has 0 radical (unpaired) electrons. The maximum Gasteiger partial charge on any atom is 0.122 e. The molecule has 0 aromatic heterocycles. The van der Waals surface area contributed by atoms with Crippen molar-refractivity contribution in [2.24, 2.45) is 0 Å². The summed E-state index contributed by atoms with van der Waals surface area (Å²) in [4.78, 5) is 0. The third-order valence-corrected chi connectivity index (χ3v) is 2.46. The number of ether oxygens (including phenoxy) is 2. The summed E-state index contributed by atoms with van der Waals surface area (Å²) in [6.07, 6.45) is 13.1. The summed E-state index contributed by atoms with van der Waals surface area (Å²) in [5.41, 5.74) is 0. The van der Waals surface area contributed by atoms with Crippen LogP contribution < -0.4 is 0 Å². The van der Waals surface area contributed by atoms with Crippen LogP contribution in [0.4, 0.5) is 0 Å². The molecule has 1 aliphatic rings. The van der Waals surface area contributed by atoms with E-state index in [1.807, 2.05) is 71.9 Å². The van der Waals surface area contributed by atoms with Gasteiger partial charge in [0, 0.05) is 0 Å². The lowest BCUT2D eigenvalue weighted by atomic mass is 10.2. The molecule has 0 saturated heterocycles. The molecule has 0 fully saturated rings. The lowest BCUT2D eigenvalue weighted by Crippen LogP contribution is -2.21. The second-order valence-electron chi connectivity index (χ2n) is 4.05. The summed E-state index contributed by atoms with van der Waals surface area (Å²) in [6, 6.07) is 0. The zero-order valence-electron chi connectivity index (χ0n) is 15.1. The van der Waals surface area contributed by atoms with Gasteiger partial charge in [0.05, 0.1) is 0 Å². The fourth-order valence-corrected chi connectivity index (χ4v) is 1.52. The van der Waals surface area contributed by atoms with Gasteiger partial charge >= 0.3 is 0 Å². The maximum absolute atomic E-state index is 9.74. The van der Waals surface area contributed by atoms with Gasteiger partial charge in [-0.3, -0.25) is 0 Å². The predicted molar refractivity (Wildman–Crippen MR) is 95.6 cm³/mol. The topological polar surface area (TPSA) is 38.7 Å². The maximum atomic E-state index is 9.74. The van der Waals surface area contributed by atoms with Gasteiger partial charge in [-0.05, 0) is 51.0 Å². The van der Waals surface area contributed by atoms with E-state index >= 15 is 0 Å². The van der Waals surface area contributed by atoms with Crippen molar-refractivity contribution < 1.29 is 14.6 Å². The zero-order chi connectivity index (χ0) is 17.2. The molecule has 0 aromatic rings. The van der Waals surface area contributed by atoms with Crippen LogP contribution in [0.1, 0.15) is 54.4 Å². The highest BCUT2D eigenvalue weighted by Crippen LogP contribution is 2.11. The highest BCUT2D eigenvalue weighted by Gasteiger charge is 2.07. The monoisotopic (exact) mass is 310 g/mol. The standard InChI is InChI=1S/C15H22O3.2C2H6/c1-3-8-14(4-2)17-11-13(16)12-18-15-9-6-5-7-10-15;2*1-2/h3-4,6,8-10,13,16H,5,7,11-12H2,1-2H3;2*1-2H3/b8-3-,14-4+;;. The Bertz CT molecular complexity index is 344. The average molecular weight is 310 g/mol. The summed E-state index contributed by atoms with van der Waals surface area (Å²) in [5, 5.41) is 9.74. The lowest BCUT2D eigenvalue weighted by Gasteiger charge is -2.15. The van der Waals surface area contributed by atoms with Crippen molar-refractivity contribution in [3.8, 4) is 0 Å². The van der Waals surface area contributed by atoms with Crippen LogP contribution in [0.15, 0.2) is 48.0 Å². The largest absolute Gasteiger partial charge is 0.491 e. The van der Waals surface area contributed by atoms with Crippen molar-refractivity contribution in [2.75, 3.05) is 13.2 Å². The van der Waals surface area contributed by atoms with E-state index in [2.05, 4.69) is 6.08 Å². The van der Waals surface area contributed by atoms with Crippen LogP contribution in [0.5, 0.6) is 0 Å². The number of allylic oxidation sites excluding steroid dienone is 6. The minimum atomic E-state index is -0.624. The van der Waals surface area contributed by atoms with E-state index in [0.717, 1.165) is 24.4 Å². The molecule has 0 saturated carbocycles. The van der Waals surface area contributed by atoms with E-state index in [0.29, 0.717) is 0 Å². The summed E-state index contributed by atoms with van der Waals surface area (Å²) in [6.45, 7) is 12.3. The molecule has 3 heteroatoms. The van der Waals surface area contributed by atoms with Crippen molar-refractivity contribution in [3.05, 3.63) is 48.0 Å². The van der Waals surface area contributed by atoms with Crippen LogP contribution in [-0.2, 0) is 9.47 Å². The zero-order valence-corrected chi connectivity index (χ0v) is 15.1. The Balaban J connectivity index is 0. The summed E-state index contributed by atoms with van der Waals surface area (Å²) < 4.78 is 10.9. The fraction of sp³-hybridized carbons (Fsp3) is 0.579. The van der Waals surface area contributed by atoms with Crippen LogP contribution in [0.3, 0.4) is 0 Å². The van der Waals surface area contributed by atoms with Gasteiger partial charge in [0.1, 0.15) is 30.8 Å². The quantitative estimate of drug-likeness (QED) is 0.522. The molecule has 22 heavy (non-hydrogen) atoms. The van der Waals surface area contributed by atoms with Crippen LogP contribution >= 0.6 is 0 Å². The molecule has 1 rings (SSSR count). The van der Waals surface area contributed by atoms with E-state index < -0.39 is 6.10 Å². The molecular weight excluding hydrogens is 276 g/mol. The molecule has 1 aliphatic carbocycles. The Labute approximate surface area is 137 Å². The summed E-state index contributed by atoms with van der Waals surface area (Å²) in [5.74, 6) is 1.59. The van der Waals surface area contributed by atoms with Crippen molar-refractivity contribution in [1.29, 1.82) is 0 Å². The third-order valence-electron chi connectivity index (χ3n) is 2.46. The van der Waals surface area contributed by atoms with Crippen LogP contribution in [0.25, 0.3) is 0 Å². The normalized spacial score (nSPS) is 15.0. The van der Waals surface area contributed by atoms with Gasteiger partial charge in [0.2, 0.25) is 0 Å². The number of aliphatic hydroxyl groups excluding tert-OH is 1. The SMILES string of the molecule is C/C=C\C(=C/C)OCC(O)COC1=CCCC=C1.CC.CC. The van der Waals surface area contributed by atoms with Crippen LogP contribution in [0.2, 0.25) is 0 Å². The predicted octanol–water partition coefficient (Wildman–Crippen LogP) is 5.15. The molecular formula is C19H34O3. The molecule has 0 spiro atoms. The third kappa shape index (κ3) is 12.3. The number of aliphatic hydroxyl groups is 1. The Morgan fingerprint density at radius 2 is 1.86 bits per heavy atom. The minimum absolute atomic E-state index is 0.237. The molecule has 1 atom stereocenters. The highest BCUT2D eigenvalue weighted by molar-refractivity contribution is 5.16. The first-order valence-corrected chi connectivity index (χ1v) is 8.35. The first-order chi connectivity index (χ1) is 10.8. The van der Waals surface area contributed by atoms with E-state index in [1.165, 1.54) is 0 Å². The highest BCUT2D eigenvalue weighted by atomic mass is 16.5. The van der Waals surface area contributed by atoms with E-state index in [-0.39, 0.29) is 13.2 Å². The van der Waals surface area contributed by atoms with Gasteiger partial charge in [0.15, 0.2) is 0 Å². The minimum Gasteiger partial charge on any atom is -0.491 e. The first-order valence-electron chi connectivity index (χ1n) is 8.35. The van der Waals surface area contributed by atoms with E-state index in [9.17, 15) is 5.11 Å². The molecule has 3 nitrogen and oxygen atoms in total. The van der Waals surface area contributed by atoms with Gasteiger partial charge in [-0.1, -0.05) is 39.8 Å². The number of rotatable bonds is 7. The molecule has 1 N–H and O–H groups in total. The van der Waals surface area contributed by atoms with Crippen molar-refractivity contribution in [3.63, 3.8) is 0 Å². The lowest BCUT2D eigenvalue weighted by molar-refractivity contribution is 0.0222. The van der Waals surface area contributed by atoms with Gasteiger partial charge < -0.3 is 14.6 Å². The second kappa shape index (κ2) is 17.6. The van der Waals surface area contributed by atoms with Gasteiger partial charge in [-0.2, -0.15) is 0 Å². The second-order valence-corrected chi connectivity index (χ2v) is 4.05. The molecule has 1 unspecified atom stereocenters. The van der Waals surface area contributed by atoms with Crippen molar-refractivity contribution in [1.82, 2.24) is 0 Å². The van der Waals surface area contributed by atoms with E-state index in [1.54, 1.807) is 0 Å². The van der Waals surface area contributed by atoms with Gasteiger partial charge in [0.25, 0.3) is 0 Å². The molecule has 0 bridgehead atoms. The molecule has 128 valence electrons. The molecule has 0 heterocycles. The van der Waals surface area contributed by atoms with Crippen LogP contribution in [0, 0.1) is 0 Å². The Morgan fingerprint density at radius 3 is 2.36 bits per heavy atom. The Kier molecular flexibility index (Phi) is 18.2. The van der Waals surface area contributed by atoms with Crippen LogP contribution in [-0.4, -0.2) is 24.4 Å². The summed E-state index contributed by atoms with van der Waals surface area (Å²) in [7, 11) is 0. The summed E-state index contributed by atoms with van der Waals surface area (Å²) >= 11 is 0. The van der Waals surface area contributed by atoms with Gasteiger partial charge in [-0.25, -0.2) is 0 Å². The van der Waals surface area contributed by atoms with Crippen molar-refractivity contribution >= 4 is 0 Å². The van der Waals surface area contributed by atoms with Crippen molar-refractivity contribution in [2.45, 2.75) is 60.5 Å². The molecule has 0 aromatic carbocycles. The number of hydrogen-bond acceptors (Lipinski definition) is 3. The first kappa shape index (κ1) is 22.8. The number of hydrogen-bond donors (Lipinski definition) is 1. The smallest absolute Gasteiger partial charge is 0.122 e. The Morgan fingerprint density at radius 1 is 1.18 bits per heavy atom. The molecule has 0 amide bonds. The molecule has 0 aliphatic heterocycles. The average Bonchev–Trinajstić information content (AvgIpc) is 2.61. The Hall–Kier alpha value is -1.48. The fourth-order valence-electron chi connectivity index (χ4n) is 1.52. The van der Waals surface area contributed by atoms with Gasteiger partial charge in [-0.15, -0.1) is 0 Å².